The van der Waals surface area contributed by atoms with Crippen LogP contribution in [-0.4, -0.2) is 9.97 Å². The summed E-state index contributed by atoms with van der Waals surface area (Å²) in [6, 6.07) is 2.57. The van der Waals surface area contributed by atoms with Crippen LogP contribution in [-0.2, 0) is 11.8 Å². The first kappa shape index (κ1) is 18.9. The highest BCUT2D eigenvalue weighted by atomic mass is 14.9. The van der Waals surface area contributed by atoms with Gasteiger partial charge in [0.2, 0.25) is 0 Å². The van der Waals surface area contributed by atoms with Gasteiger partial charge in [0, 0.05) is 12.4 Å². The smallest absolute Gasteiger partial charge is 0.148 e. The third-order valence-corrected chi connectivity index (χ3v) is 5.59. The fraction of sp³-hybridized carbons (Fsp3) is 0.762. The second-order valence-electron chi connectivity index (χ2n) is 7.51. The number of unbranched alkanes of at least 4 members (excludes halogenated alkanes) is 4. The lowest BCUT2D eigenvalue weighted by Crippen LogP contribution is -2.32. The molecule has 0 saturated heterocycles. The number of hydrogen-bond donors (Lipinski definition) is 0. The Bertz CT molecular complexity index is 507. The van der Waals surface area contributed by atoms with Gasteiger partial charge in [-0.25, -0.2) is 9.97 Å². The lowest BCUT2D eigenvalue weighted by molar-refractivity contribution is 0.254. The number of nitriles is 1. The molecule has 2 rings (SSSR count). The highest BCUT2D eigenvalue weighted by Gasteiger charge is 2.39. The number of nitrogens with zero attached hydrogens (tertiary/aromatic N) is 3. The zero-order chi connectivity index (χ0) is 17.3. The molecule has 1 aliphatic rings. The van der Waals surface area contributed by atoms with E-state index in [0.717, 1.165) is 43.8 Å². The molecule has 0 aromatic carbocycles. The Kier molecular flexibility index (Phi) is 7.69. The summed E-state index contributed by atoms with van der Waals surface area (Å²) in [5, 5.41) is 9.81. The Labute approximate surface area is 147 Å². The Balaban J connectivity index is 1.92. The molecule has 24 heavy (non-hydrogen) atoms. The van der Waals surface area contributed by atoms with Gasteiger partial charge in [0.05, 0.1) is 6.07 Å². The monoisotopic (exact) mass is 327 g/mol. The lowest BCUT2D eigenvalue weighted by Gasteiger charge is -2.33. The van der Waals surface area contributed by atoms with Gasteiger partial charge in [-0.3, -0.25) is 0 Å². The molecular weight excluding hydrogens is 294 g/mol. The van der Waals surface area contributed by atoms with Gasteiger partial charge >= 0.3 is 0 Å². The van der Waals surface area contributed by atoms with Crippen LogP contribution in [0.1, 0.15) is 95.9 Å². The van der Waals surface area contributed by atoms with Crippen molar-refractivity contribution in [3.63, 3.8) is 0 Å². The van der Waals surface area contributed by atoms with Crippen LogP contribution in [0.3, 0.4) is 0 Å². The summed E-state index contributed by atoms with van der Waals surface area (Å²) < 4.78 is 0. The highest BCUT2D eigenvalue weighted by molar-refractivity contribution is 5.22. The van der Waals surface area contributed by atoms with E-state index in [1.165, 1.54) is 50.5 Å². The van der Waals surface area contributed by atoms with Gasteiger partial charge in [0.15, 0.2) is 0 Å². The molecule has 1 heterocycles. The largest absolute Gasteiger partial charge is 0.239 e. The van der Waals surface area contributed by atoms with E-state index in [2.05, 4.69) is 29.9 Å². The molecular formula is C21H33N3. The molecule has 0 bridgehead atoms. The molecule has 0 spiro atoms. The fourth-order valence-corrected chi connectivity index (χ4v) is 3.84. The summed E-state index contributed by atoms with van der Waals surface area (Å²) in [5.74, 6) is 1.56. The highest BCUT2D eigenvalue weighted by Crippen LogP contribution is 2.41. The molecule has 0 N–H and O–H groups in total. The number of rotatable bonds is 9. The molecule has 3 nitrogen and oxygen atoms in total. The van der Waals surface area contributed by atoms with E-state index in [4.69, 9.17) is 0 Å². The summed E-state index contributed by atoms with van der Waals surface area (Å²) >= 11 is 0. The van der Waals surface area contributed by atoms with Crippen molar-refractivity contribution in [2.75, 3.05) is 0 Å². The SMILES string of the molecule is CCCCCc1cnc([C@]2(C#N)CC[C@H](CCCCC)CC2)nc1. The maximum Gasteiger partial charge on any atom is 0.148 e. The van der Waals surface area contributed by atoms with Crippen LogP contribution in [0.2, 0.25) is 0 Å². The van der Waals surface area contributed by atoms with E-state index in [1.54, 1.807) is 0 Å². The van der Waals surface area contributed by atoms with Crippen LogP contribution in [0.25, 0.3) is 0 Å². The van der Waals surface area contributed by atoms with Crippen molar-refractivity contribution in [3.8, 4) is 6.07 Å². The first-order valence-electron chi connectivity index (χ1n) is 9.96. The summed E-state index contributed by atoms with van der Waals surface area (Å²) in [5.41, 5.74) is 0.761. The molecule has 0 amide bonds. The van der Waals surface area contributed by atoms with E-state index in [1.807, 2.05) is 12.4 Å². The van der Waals surface area contributed by atoms with E-state index >= 15 is 0 Å². The van der Waals surface area contributed by atoms with Crippen molar-refractivity contribution in [2.45, 2.75) is 96.3 Å². The van der Waals surface area contributed by atoms with Gasteiger partial charge in [-0.15, -0.1) is 0 Å². The van der Waals surface area contributed by atoms with Crippen molar-refractivity contribution in [1.82, 2.24) is 9.97 Å². The molecule has 1 aromatic rings. The first-order valence-corrected chi connectivity index (χ1v) is 9.96. The van der Waals surface area contributed by atoms with Gasteiger partial charge < -0.3 is 0 Å². The Morgan fingerprint density at radius 1 is 1.04 bits per heavy atom. The average molecular weight is 328 g/mol. The molecule has 0 atom stereocenters. The van der Waals surface area contributed by atoms with Crippen LogP contribution in [0.15, 0.2) is 12.4 Å². The molecule has 3 heteroatoms. The normalized spacial score (nSPS) is 23.8. The fourth-order valence-electron chi connectivity index (χ4n) is 3.84. The Morgan fingerprint density at radius 3 is 2.25 bits per heavy atom. The molecule has 1 aromatic heterocycles. The van der Waals surface area contributed by atoms with Crippen molar-refractivity contribution in [3.05, 3.63) is 23.8 Å². The topological polar surface area (TPSA) is 49.6 Å². The predicted molar refractivity (Wildman–Crippen MR) is 98.7 cm³/mol. The van der Waals surface area contributed by atoms with Gasteiger partial charge in [0.25, 0.3) is 0 Å². The average Bonchev–Trinajstić information content (AvgIpc) is 2.63. The van der Waals surface area contributed by atoms with Gasteiger partial charge in [-0.05, 0) is 50.0 Å². The number of aromatic nitrogens is 2. The van der Waals surface area contributed by atoms with Gasteiger partial charge in [-0.2, -0.15) is 5.26 Å². The zero-order valence-electron chi connectivity index (χ0n) is 15.6. The second-order valence-corrected chi connectivity index (χ2v) is 7.51. The minimum atomic E-state index is -0.441. The summed E-state index contributed by atoms with van der Waals surface area (Å²) in [4.78, 5) is 9.18. The van der Waals surface area contributed by atoms with Crippen LogP contribution < -0.4 is 0 Å². The van der Waals surface area contributed by atoms with Crippen LogP contribution in [0.4, 0.5) is 0 Å². The van der Waals surface area contributed by atoms with Crippen LogP contribution in [0, 0.1) is 17.2 Å². The van der Waals surface area contributed by atoms with Crippen LogP contribution >= 0.6 is 0 Å². The Morgan fingerprint density at radius 2 is 1.67 bits per heavy atom. The van der Waals surface area contributed by atoms with E-state index in [-0.39, 0.29) is 0 Å². The van der Waals surface area contributed by atoms with Crippen molar-refractivity contribution in [1.29, 1.82) is 5.26 Å². The standard InChI is InChI=1S/C21H33N3/c1-3-5-7-9-18-11-13-21(17-22,14-12-18)20-23-15-19(16-24-20)10-8-6-4-2/h15-16,18H,3-14H2,1-2H3/t18-,21+. The quantitative estimate of drug-likeness (QED) is 0.543. The number of aryl methyl sites for hydroxylation is 1. The maximum absolute atomic E-state index is 9.81. The molecule has 1 fully saturated rings. The van der Waals surface area contributed by atoms with Crippen LogP contribution in [0.5, 0.6) is 0 Å². The third-order valence-electron chi connectivity index (χ3n) is 5.59. The molecule has 1 aliphatic carbocycles. The minimum Gasteiger partial charge on any atom is -0.239 e. The maximum atomic E-state index is 9.81. The lowest BCUT2D eigenvalue weighted by atomic mass is 9.69. The van der Waals surface area contributed by atoms with Crippen molar-refractivity contribution in [2.24, 2.45) is 5.92 Å². The van der Waals surface area contributed by atoms with Crippen molar-refractivity contribution < 1.29 is 0 Å². The second kappa shape index (κ2) is 9.77. The molecule has 0 aliphatic heterocycles. The molecule has 0 unspecified atom stereocenters. The summed E-state index contributed by atoms with van der Waals surface area (Å²) in [6.07, 6.45) is 18.1. The molecule has 0 radical (unpaired) electrons. The van der Waals surface area contributed by atoms with E-state index in [9.17, 15) is 5.26 Å². The number of hydrogen-bond acceptors (Lipinski definition) is 3. The summed E-state index contributed by atoms with van der Waals surface area (Å²) in [7, 11) is 0. The molecule has 1 saturated carbocycles. The molecule has 132 valence electrons. The van der Waals surface area contributed by atoms with Gasteiger partial charge in [-0.1, -0.05) is 52.4 Å². The van der Waals surface area contributed by atoms with E-state index in [0.29, 0.717) is 0 Å². The Hall–Kier alpha value is -1.43. The van der Waals surface area contributed by atoms with Crippen molar-refractivity contribution >= 4 is 0 Å². The summed E-state index contributed by atoms with van der Waals surface area (Å²) in [6.45, 7) is 4.47. The predicted octanol–water partition coefficient (Wildman–Crippen LogP) is 5.74. The van der Waals surface area contributed by atoms with Gasteiger partial charge in [0.1, 0.15) is 11.2 Å². The third kappa shape index (κ3) is 5.03. The zero-order valence-corrected chi connectivity index (χ0v) is 15.6. The first-order chi connectivity index (χ1) is 11.7. The van der Waals surface area contributed by atoms with E-state index < -0.39 is 5.41 Å². The minimum absolute atomic E-state index is 0.441.